The average Bonchev–Trinajstić information content (AvgIpc) is 2.76. The lowest BCUT2D eigenvalue weighted by molar-refractivity contribution is -0.127. The Hall–Kier alpha value is -2.03. The van der Waals surface area contributed by atoms with E-state index in [4.69, 9.17) is 0 Å². The number of aromatic nitrogens is 1. The molecule has 1 aromatic carbocycles. The van der Waals surface area contributed by atoms with Gasteiger partial charge in [0.25, 0.3) is 0 Å². The van der Waals surface area contributed by atoms with E-state index in [1.807, 2.05) is 11.8 Å². The van der Waals surface area contributed by atoms with E-state index in [0.717, 1.165) is 13.1 Å². The van der Waals surface area contributed by atoms with Gasteiger partial charge in [0.15, 0.2) is 0 Å². The molecule has 0 spiro atoms. The maximum atomic E-state index is 11.9. The molecule has 92 valence electrons. The van der Waals surface area contributed by atoms with E-state index in [-0.39, 0.29) is 5.91 Å². The molecule has 1 aromatic heterocycles. The lowest BCUT2D eigenvalue weighted by atomic mass is 10.2. The molecule has 1 aliphatic rings. The second-order valence-electron chi connectivity index (χ2n) is 4.61. The van der Waals surface area contributed by atoms with Gasteiger partial charge in [0, 0.05) is 24.3 Å². The van der Waals surface area contributed by atoms with Crippen LogP contribution in [0.25, 0.3) is 10.9 Å². The minimum atomic E-state index is 0.106. The fourth-order valence-corrected chi connectivity index (χ4v) is 2.59. The highest BCUT2D eigenvalue weighted by Crippen LogP contribution is 2.23. The third kappa shape index (κ3) is 1.72. The molecule has 0 aliphatic carbocycles. The summed E-state index contributed by atoms with van der Waals surface area (Å²) in [6.07, 6.45) is 3.44. The monoisotopic (exact) mass is 240 g/mol. The van der Waals surface area contributed by atoms with Crippen molar-refractivity contribution in [1.82, 2.24) is 9.47 Å². The highest BCUT2D eigenvalue weighted by atomic mass is 16.2. The van der Waals surface area contributed by atoms with Crippen LogP contribution in [0.15, 0.2) is 42.5 Å². The molecule has 0 unspecified atom stereocenters. The maximum Gasteiger partial charge on any atom is 0.246 e. The molecule has 2 aromatic rings. The zero-order chi connectivity index (χ0) is 12.5. The summed E-state index contributed by atoms with van der Waals surface area (Å²) in [5, 5.41) is 1.26. The number of fused-ring (bicyclic) bond motifs is 3. The Morgan fingerprint density at radius 2 is 2.11 bits per heavy atom. The molecular formula is C15H16N2O. The second-order valence-corrected chi connectivity index (χ2v) is 4.61. The number of amides is 1. The van der Waals surface area contributed by atoms with Crippen LogP contribution in [0.3, 0.4) is 0 Å². The summed E-state index contributed by atoms with van der Waals surface area (Å²) in [6.45, 7) is 4.25. The van der Waals surface area contributed by atoms with Crippen LogP contribution < -0.4 is 0 Å². The fraction of sp³-hybridized carbons (Fsp3) is 0.267. The Morgan fingerprint density at radius 3 is 2.94 bits per heavy atom. The zero-order valence-corrected chi connectivity index (χ0v) is 10.5. The van der Waals surface area contributed by atoms with Crippen molar-refractivity contribution in [1.29, 1.82) is 0 Å². The van der Waals surface area contributed by atoms with Crippen molar-refractivity contribution < 1.29 is 4.79 Å². The molecule has 1 aliphatic heterocycles. The summed E-state index contributed by atoms with van der Waals surface area (Å²) < 4.78 is 2.31. The fourth-order valence-electron chi connectivity index (χ4n) is 2.59. The van der Waals surface area contributed by atoms with Crippen LogP contribution in [-0.4, -0.2) is 21.9 Å². The zero-order valence-electron chi connectivity index (χ0n) is 10.5. The minimum Gasteiger partial charge on any atom is -0.341 e. The van der Waals surface area contributed by atoms with E-state index in [1.165, 1.54) is 16.6 Å². The highest BCUT2D eigenvalue weighted by molar-refractivity contribution is 5.88. The molecule has 1 amide bonds. The van der Waals surface area contributed by atoms with E-state index in [1.54, 1.807) is 12.2 Å². The van der Waals surface area contributed by atoms with Crippen LogP contribution in [0.1, 0.15) is 12.6 Å². The van der Waals surface area contributed by atoms with Gasteiger partial charge >= 0.3 is 0 Å². The summed E-state index contributed by atoms with van der Waals surface area (Å²) in [4.78, 5) is 13.7. The van der Waals surface area contributed by atoms with Crippen LogP contribution in [0.4, 0.5) is 0 Å². The van der Waals surface area contributed by atoms with Crippen molar-refractivity contribution in [2.45, 2.75) is 20.0 Å². The molecule has 3 rings (SSSR count). The first kappa shape index (κ1) is 11.1. The topological polar surface area (TPSA) is 25.2 Å². The van der Waals surface area contributed by atoms with Gasteiger partial charge in [-0.3, -0.25) is 4.79 Å². The van der Waals surface area contributed by atoms with Crippen molar-refractivity contribution in [3.8, 4) is 0 Å². The molecule has 3 nitrogen and oxygen atoms in total. The number of hydrogen-bond donors (Lipinski definition) is 0. The number of benzene rings is 1. The highest BCUT2D eigenvalue weighted by Gasteiger charge is 2.20. The first-order valence-corrected chi connectivity index (χ1v) is 6.28. The van der Waals surface area contributed by atoms with Crippen molar-refractivity contribution >= 4 is 16.8 Å². The predicted octanol–water partition coefficient (Wildman–Crippen LogP) is 2.56. The van der Waals surface area contributed by atoms with E-state index in [2.05, 4.69) is 34.9 Å². The molecular weight excluding hydrogens is 224 g/mol. The molecule has 0 radical (unpaired) electrons. The van der Waals surface area contributed by atoms with Crippen LogP contribution in [0, 0.1) is 0 Å². The van der Waals surface area contributed by atoms with Gasteiger partial charge in [0.2, 0.25) is 5.91 Å². The Morgan fingerprint density at radius 1 is 1.28 bits per heavy atom. The lowest BCUT2D eigenvalue weighted by Gasteiger charge is -2.28. The first-order chi connectivity index (χ1) is 8.79. The van der Waals surface area contributed by atoms with Gasteiger partial charge in [-0.1, -0.05) is 24.3 Å². The van der Waals surface area contributed by atoms with Gasteiger partial charge in [-0.05, 0) is 30.5 Å². The van der Waals surface area contributed by atoms with E-state index in [0.29, 0.717) is 6.54 Å². The SMILES string of the molecule is CC=CC(=O)N1CCn2c(cc3ccccc32)C1. The summed E-state index contributed by atoms with van der Waals surface area (Å²) >= 11 is 0. The predicted molar refractivity (Wildman–Crippen MR) is 72.2 cm³/mol. The molecule has 0 saturated heterocycles. The molecule has 18 heavy (non-hydrogen) atoms. The molecule has 0 atom stereocenters. The number of hydrogen-bond acceptors (Lipinski definition) is 1. The normalized spacial score (nSPS) is 15.3. The summed E-state index contributed by atoms with van der Waals surface area (Å²) in [6, 6.07) is 10.6. The second kappa shape index (κ2) is 4.33. The van der Waals surface area contributed by atoms with Crippen LogP contribution in [0.2, 0.25) is 0 Å². The Kier molecular flexibility index (Phi) is 2.67. The quantitative estimate of drug-likeness (QED) is 0.703. The van der Waals surface area contributed by atoms with Gasteiger partial charge in [-0.15, -0.1) is 0 Å². The summed E-state index contributed by atoms with van der Waals surface area (Å²) in [5.74, 6) is 0.106. The number of nitrogens with zero attached hydrogens (tertiary/aromatic N) is 2. The molecule has 2 heterocycles. The van der Waals surface area contributed by atoms with Crippen molar-refractivity contribution in [2.75, 3.05) is 6.54 Å². The number of allylic oxidation sites excluding steroid dienone is 1. The summed E-state index contributed by atoms with van der Waals surface area (Å²) in [7, 11) is 0. The number of para-hydroxylation sites is 1. The third-order valence-corrected chi connectivity index (χ3v) is 3.46. The van der Waals surface area contributed by atoms with E-state index < -0.39 is 0 Å². The van der Waals surface area contributed by atoms with Gasteiger partial charge in [0.05, 0.1) is 6.54 Å². The van der Waals surface area contributed by atoms with Crippen molar-refractivity contribution in [3.05, 3.63) is 48.2 Å². The van der Waals surface area contributed by atoms with Gasteiger partial charge in [0.1, 0.15) is 0 Å². The third-order valence-electron chi connectivity index (χ3n) is 3.46. The largest absolute Gasteiger partial charge is 0.341 e. The van der Waals surface area contributed by atoms with Gasteiger partial charge in [-0.25, -0.2) is 0 Å². The van der Waals surface area contributed by atoms with Crippen molar-refractivity contribution in [3.63, 3.8) is 0 Å². The van der Waals surface area contributed by atoms with Crippen LogP contribution in [0.5, 0.6) is 0 Å². The molecule has 3 heteroatoms. The summed E-state index contributed by atoms with van der Waals surface area (Å²) in [5.41, 5.74) is 2.49. The molecule has 0 N–H and O–H groups in total. The molecule has 0 bridgehead atoms. The Labute approximate surface area is 106 Å². The first-order valence-electron chi connectivity index (χ1n) is 6.28. The van der Waals surface area contributed by atoms with E-state index in [9.17, 15) is 4.79 Å². The van der Waals surface area contributed by atoms with Gasteiger partial charge < -0.3 is 9.47 Å². The standard InChI is InChI=1S/C15H16N2O/c1-2-5-15(18)16-8-9-17-13(11-16)10-12-6-3-4-7-14(12)17/h2-7,10H,8-9,11H2,1H3. The molecule has 0 saturated carbocycles. The number of carbonyl (C=O) groups is 1. The Balaban J connectivity index is 1.96. The smallest absolute Gasteiger partial charge is 0.246 e. The average molecular weight is 240 g/mol. The van der Waals surface area contributed by atoms with Crippen LogP contribution >= 0.6 is 0 Å². The van der Waals surface area contributed by atoms with Crippen molar-refractivity contribution in [2.24, 2.45) is 0 Å². The van der Waals surface area contributed by atoms with E-state index >= 15 is 0 Å². The van der Waals surface area contributed by atoms with Gasteiger partial charge in [-0.2, -0.15) is 0 Å². The Bertz CT molecular complexity index is 624. The number of carbonyl (C=O) groups excluding carboxylic acids is 1. The van der Waals surface area contributed by atoms with Crippen LogP contribution in [-0.2, 0) is 17.9 Å². The lowest BCUT2D eigenvalue weighted by Crippen LogP contribution is -2.37. The minimum absolute atomic E-state index is 0.106. The maximum absolute atomic E-state index is 11.9. The number of rotatable bonds is 1. The molecule has 0 fully saturated rings.